The maximum Gasteiger partial charge on any atom is 0.244 e. The Morgan fingerprint density at radius 2 is 2.05 bits per heavy atom. The first-order valence-electron chi connectivity index (χ1n) is 6.73. The van der Waals surface area contributed by atoms with Crippen molar-refractivity contribution in [2.24, 2.45) is 0 Å². The Morgan fingerprint density at radius 3 is 2.45 bits per heavy atom. The number of rotatable bonds is 6. The summed E-state index contributed by atoms with van der Waals surface area (Å²) in [6.45, 7) is 0.591. The van der Waals surface area contributed by atoms with Gasteiger partial charge < -0.3 is 10.0 Å². The molecule has 0 bridgehead atoms. The Balaban J connectivity index is 2.22. The maximum absolute atomic E-state index is 12.0. The zero-order valence-electron chi connectivity index (χ0n) is 11.9. The minimum atomic E-state index is -3.44. The first-order chi connectivity index (χ1) is 9.46. The Morgan fingerprint density at radius 1 is 1.35 bits per heavy atom. The van der Waals surface area contributed by atoms with E-state index in [1.54, 1.807) is 12.1 Å². The molecule has 1 saturated carbocycles. The molecule has 0 aliphatic heterocycles. The van der Waals surface area contributed by atoms with Gasteiger partial charge in [0.2, 0.25) is 10.0 Å². The van der Waals surface area contributed by atoms with Crippen LogP contribution >= 0.6 is 0 Å². The van der Waals surface area contributed by atoms with Crippen molar-refractivity contribution in [3.63, 3.8) is 0 Å². The molecule has 1 N–H and O–H groups in total. The molecular formula is C13H21N3O3S. The van der Waals surface area contributed by atoms with Crippen LogP contribution in [-0.4, -0.2) is 56.1 Å². The molecule has 1 aliphatic carbocycles. The highest BCUT2D eigenvalue weighted by Crippen LogP contribution is 2.28. The van der Waals surface area contributed by atoms with Crippen molar-refractivity contribution < 1.29 is 13.5 Å². The van der Waals surface area contributed by atoms with Crippen LogP contribution in [0.25, 0.3) is 0 Å². The molecule has 1 fully saturated rings. The molecule has 1 heterocycles. The van der Waals surface area contributed by atoms with Gasteiger partial charge in [-0.25, -0.2) is 17.7 Å². The molecule has 112 valence electrons. The van der Waals surface area contributed by atoms with Crippen molar-refractivity contribution in [2.75, 3.05) is 32.1 Å². The van der Waals surface area contributed by atoms with E-state index in [0.717, 1.165) is 18.7 Å². The van der Waals surface area contributed by atoms with Crippen molar-refractivity contribution in [3.05, 3.63) is 18.3 Å². The highest BCUT2D eigenvalue weighted by Gasteiger charge is 2.26. The molecule has 1 aromatic heterocycles. The lowest BCUT2D eigenvalue weighted by Gasteiger charge is -2.38. The standard InChI is InChI=1S/C13H21N3O3S/c1-15(2)20(18,19)12-6-7-13(14-10-12)16(8-9-17)11-4-3-5-11/h6-7,10-11,17H,3-5,8-9H2,1-2H3. The fourth-order valence-electron chi connectivity index (χ4n) is 2.20. The predicted octanol–water partition coefficient (Wildman–Crippen LogP) is 0.683. The number of anilines is 1. The van der Waals surface area contributed by atoms with Gasteiger partial charge in [-0.2, -0.15) is 0 Å². The van der Waals surface area contributed by atoms with E-state index in [1.165, 1.54) is 31.0 Å². The highest BCUT2D eigenvalue weighted by atomic mass is 32.2. The number of hydrogen-bond acceptors (Lipinski definition) is 5. The smallest absolute Gasteiger partial charge is 0.244 e. The Labute approximate surface area is 120 Å². The zero-order valence-corrected chi connectivity index (χ0v) is 12.7. The lowest BCUT2D eigenvalue weighted by atomic mass is 9.91. The molecule has 0 spiro atoms. The summed E-state index contributed by atoms with van der Waals surface area (Å²) in [4.78, 5) is 6.49. The molecule has 20 heavy (non-hydrogen) atoms. The Hall–Kier alpha value is -1.18. The lowest BCUT2D eigenvalue weighted by molar-refractivity contribution is 0.283. The monoisotopic (exact) mass is 299 g/mol. The zero-order chi connectivity index (χ0) is 14.8. The number of aromatic nitrogens is 1. The van der Waals surface area contributed by atoms with Gasteiger partial charge in [-0.05, 0) is 31.4 Å². The van der Waals surface area contributed by atoms with Crippen LogP contribution in [0.4, 0.5) is 5.82 Å². The van der Waals surface area contributed by atoms with Gasteiger partial charge >= 0.3 is 0 Å². The Kier molecular flexibility index (Phi) is 4.62. The van der Waals surface area contributed by atoms with E-state index < -0.39 is 10.0 Å². The average molecular weight is 299 g/mol. The summed E-state index contributed by atoms with van der Waals surface area (Å²) in [5.74, 6) is 0.724. The molecular weight excluding hydrogens is 278 g/mol. The number of aliphatic hydroxyl groups excluding tert-OH is 1. The maximum atomic E-state index is 12.0. The second-order valence-electron chi connectivity index (χ2n) is 5.14. The fraction of sp³-hybridized carbons (Fsp3) is 0.615. The quantitative estimate of drug-likeness (QED) is 0.836. The third-order valence-electron chi connectivity index (χ3n) is 3.65. The number of aliphatic hydroxyl groups is 1. The van der Waals surface area contributed by atoms with Crippen LogP contribution < -0.4 is 4.90 Å². The van der Waals surface area contributed by atoms with Crippen LogP contribution in [0.15, 0.2) is 23.2 Å². The molecule has 1 aliphatic rings. The van der Waals surface area contributed by atoms with E-state index in [1.807, 2.05) is 0 Å². The van der Waals surface area contributed by atoms with Gasteiger partial charge in [-0.1, -0.05) is 0 Å². The number of pyridine rings is 1. The van der Waals surface area contributed by atoms with Gasteiger partial charge in [-0.3, -0.25) is 0 Å². The van der Waals surface area contributed by atoms with E-state index in [4.69, 9.17) is 5.11 Å². The average Bonchev–Trinajstić information content (AvgIpc) is 2.36. The SMILES string of the molecule is CN(C)S(=O)(=O)c1ccc(N(CCO)C2CCC2)nc1. The molecule has 7 heteroatoms. The van der Waals surface area contributed by atoms with Crippen molar-refractivity contribution in [1.29, 1.82) is 0 Å². The molecule has 0 saturated heterocycles. The topological polar surface area (TPSA) is 73.7 Å². The molecule has 0 amide bonds. The number of nitrogens with zero attached hydrogens (tertiary/aromatic N) is 3. The summed E-state index contributed by atoms with van der Waals surface area (Å²) in [6, 6.07) is 3.69. The first-order valence-corrected chi connectivity index (χ1v) is 8.17. The predicted molar refractivity (Wildman–Crippen MR) is 77.2 cm³/mol. The van der Waals surface area contributed by atoms with Crippen molar-refractivity contribution in [2.45, 2.75) is 30.2 Å². The normalized spacial score (nSPS) is 16.2. The van der Waals surface area contributed by atoms with Crippen molar-refractivity contribution in [3.8, 4) is 0 Å². The van der Waals surface area contributed by atoms with Crippen LogP contribution in [0.2, 0.25) is 0 Å². The molecule has 0 radical (unpaired) electrons. The first kappa shape index (κ1) is 15.2. The minimum Gasteiger partial charge on any atom is -0.395 e. The molecule has 1 aromatic rings. The third kappa shape index (κ3) is 2.94. The summed E-state index contributed by atoms with van der Waals surface area (Å²) >= 11 is 0. The van der Waals surface area contributed by atoms with Gasteiger partial charge in [0, 0.05) is 32.9 Å². The van der Waals surface area contributed by atoms with Crippen molar-refractivity contribution >= 4 is 15.8 Å². The van der Waals surface area contributed by atoms with E-state index >= 15 is 0 Å². The summed E-state index contributed by atoms with van der Waals surface area (Å²) in [5, 5.41) is 9.15. The van der Waals surface area contributed by atoms with Gasteiger partial charge in [0.15, 0.2) is 0 Å². The van der Waals surface area contributed by atoms with E-state index in [9.17, 15) is 8.42 Å². The van der Waals surface area contributed by atoms with Crippen LogP contribution in [0.1, 0.15) is 19.3 Å². The Bertz CT molecular complexity index is 538. The van der Waals surface area contributed by atoms with E-state index in [2.05, 4.69) is 9.88 Å². The number of sulfonamides is 1. The van der Waals surface area contributed by atoms with Gasteiger partial charge in [0.25, 0.3) is 0 Å². The molecule has 6 nitrogen and oxygen atoms in total. The number of hydrogen-bond donors (Lipinski definition) is 1. The summed E-state index contributed by atoms with van der Waals surface area (Å²) in [6.07, 6.45) is 4.77. The van der Waals surface area contributed by atoms with E-state index in [0.29, 0.717) is 12.6 Å². The highest BCUT2D eigenvalue weighted by molar-refractivity contribution is 7.89. The van der Waals surface area contributed by atoms with Crippen LogP contribution in [0.3, 0.4) is 0 Å². The van der Waals surface area contributed by atoms with Crippen LogP contribution in [-0.2, 0) is 10.0 Å². The minimum absolute atomic E-state index is 0.0654. The molecule has 2 rings (SSSR count). The molecule has 0 unspecified atom stereocenters. The fourth-order valence-corrected chi connectivity index (χ4v) is 3.04. The van der Waals surface area contributed by atoms with Gasteiger partial charge in [-0.15, -0.1) is 0 Å². The van der Waals surface area contributed by atoms with Crippen LogP contribution in [0.5, 0.6) is 0 Å². The van der Waals surface area contributed by atoms with Crippen molar-refractivity contribution in [1.82, 2.24) is 9.29 Å². The molecule has 0 atom stereocenters. The van der Waals surface area contributed by atoms with Gasteiger partial charge in [0.1, 0.15) is 10.7 Å². The van der Waals surface area contributed by atoms with Gasteiger partial charge in [0.05, 0.1) is 6.61 Å². The second kappa shape index (κ2) is 6.07. The van der Waals surface area contributed by atoms with Crippen LogP contribution in [0, 0.1) is 0 Å². The summed E-state index contributed by atoms with van der Waals surface area (Å²) in [7, 11) is -0.449. The van der Waals surface area contributed by atoms with E-state index in [-0.39, 0.29) is 11.5 Å². The summed E-state index contributed by atoms with van der Waals surface area (Å²) in [5.41, 5.74) is 0. The lowest BCUT2D eigenvalue weighted by Crippen LogP contribution is -2.42. The second-order valence-corrected chi connectivity index (χ2v) is 7.29. The summed E-state index contributed by atoms with van der Waals surface area (Å²) < 4.78 is 25.1. The molecule has 0 aromatic carbocycles. The third-order valence-corrected chi connectivity index (χ3v) is 5.45. The largest absolute Gasteiger partial charge is 0.395 e.